The van der Waals surface area contributed by atoms with Crippen LogP contribution in [0, 0.1) is 11.8 Å². The maximum absolute atomic E-state index is 12.8. The molecule has 0 spiro atoms. The highest BCUT2D eigenvalue weighted by Gasteiger charge is 2.25. The Kier molecular flexibility index (Phi) is 10.6. The van der Waals surface area contributed by atoms with Crippen LogP contribution < -0.4 is 19.5 Å². The number of anilines is 1. The third-order valence-electron chi connectivity index (χ3n) is 8.59. The number of amides is 2. The van der Waals surface area contributed by atoms with Gasteiger partial charge in [0, 0.05) is 50.1 Å². The first-order valence-electron chi connectivity index (χ1n) is 16.3. The van der Waals surface area contributed by atoms with Crippen LogP contribution in [0.3, 0.4) is 0 Å². The van der Waals surface area contributed by atoms with E-state index in [0.717, 1.165) is 44.1 Å². The van der Waals surface area contributed by atoms with Crippen LogP contribution in [0.15, 0.2) is 91.3 Å². The van der Waals surface area contributed by atoms with E-state index in [1.54, 1.807) is 29.3 Å². The zero-order valence-corrected chi connectivity index (χ0v) is 26.7. The van der Waals surface area contributed by atoms with Crippen molar-refractivity contribution in [3.63, 3.8) is 0 Å². The van der Waals surface area contributed by atoms with Crippen LogP contribution in [-0.4, -0.2) is 64.6 Å². The van der Waals surface area contributed by atoms with E-state index in [4.69, 9.17) is 14.2 Å². The Balaban J connectivity index is 0.897. The number of rotatable bonds is 10. The van der Waals surface area contributed by atoms with Gasteiger partial charge in [0.15, 0.2) is 0 Å². The highest BCUT2D eigenvalue weighted by molar-refractivity contribution is 6.04. The van der Waals surface area contributed by atoms with Gasteiger partial charge in [-0.3, -0.25) is 9.69 Å². The van der Waals surface area contributed by atoms with Crippen molar-refractivity contribution in [2.45, 2.75) is 39.2 Å². The van der Waals surface area contributed by atoms with Gasteiger partial charge in [0.05, 0.1) is 18.5 Å². The molecule has 2 aromatic carbocycles. The number of nitrogens with zero attached hydrogens (tertiary/aromatic N) is 4. The fourth-order valence-electron chi connectivity index (χ4n) is 5.95. The smallest absolute Gasteiger partial charge is 0.416 e. The number of hydrogen-bond donors (Lipinski definition) is 1. The Morgan fingerprint density at radius 3 is 2.34 bits per heavy atom. The van der Waals surface area contributed by atoms with Crippen LogP contribution >= 0.6 is 0 Å². The Hall–Kier alpha value is -4.96. The molecule has 1 N–H and O–H groups in total. The van der Waals surface area contributed by atoms with E-state index in [0.29, 0.717) is 48.5 Å². The van der Waals surface area contributed by atoms with Crippen molar-refractivity contribution < 1.29 is 23.8 Å². The largest absolute Gasteiger partial charge is 0.493 e. The van der Waals surface area contributed by atoms with Gasteiger partial charge in [-0.1, -0.05) is 25.1 Å². The van der Waals surface area contributed by atoms with Crippen molar-refractivity contribution in [2.75, 3.05) is 38.1 Å². The van der Waals surface area contributed by atoms with Crippen LogP contribution in [0.5, 0.6) is 23.3 Å². The molecule has 2 aliphatic rings. The summed E-state index contributed by atoms with van der Waals surface area (Å²) in [5, 5.41) is 2.87. The van der Waals surface area contributed by atoms with E-state index in [9.17, 15) is 9.59 Å². The topological polar surface area (TPSA) is 106 Å². The summed E-state index contributed by atoms with van der Waals surface area (Å²) in [5.74, 6) is 3.03. The molecule has 2 fully saturated rings. The fourth-order valence-corrected chi connectivity index (χ4v) is 5.95. The van der Waals surface area contributed by atoms with Crippen LogP contribution in [0.2, 0.25) is 0 Å². The summed E-state index contributed by atoms with van der Waals surface area (Å²) in [6, 6.07) is 24.0. The molecule has 10 nitrogen and oxygen atoms in total. The van der Waals surface area contributed by atoms with E-state index in [2.05, 4.69) is 27.1 Å². The highest BCUT2D eigenvalue weighted by Crippen LogP contribution is 2.25. The molecule has 0 bridgehead atoms. The molecule has 47 heavy (non-hydrogen) atoms. The molecule has 1 unspecified atom stereocenters. The molecule has 4 heterocycles. The molecule has 4 aromatic rings. The van der Waals surface area contributed by atoms with Crippen LogP contribution in [0.4, 0.5) is 10.5 Å². The number of hydrogen-bond acceptors (Lipinski definition) is 8. The van der Waals surface area contributed by atoms with Gasteiger partial charge in [-0.15, -0.1) is 0 Å². The van der Waals surface area contributed by atoms with Gasteiger partial charge >= 0.3 is 6.09 Å². The summed E-state index contributed by atoms with van der Waals surface area (Å²) in [5.41, 5.74) is 2.31. The summed E-state index contributed by atoms with van der Waals surface area (Å²) in [7, 11) is 0. The van der Waals surface area contributed by atoms with Crippen molar-refractivity contribution in [3.8, 4) is 23.3 Å². The Bertz CT molecular complexity index is 1590. The molecule has 2 saturated heterocycles. The molecule has 0 aliphatic carbocycles. The summed E-state index contributed by atoms with van der Waals surface area (Å²) in [6.07, 6.45) is 6.91. The lowest BCUT2D eigenvalue weighted by Gasteiger charge is -2.31. The van der Waals surface area contributed by atoms with Gasteiger partial charge in [-0.25, -0.2) is 14.8 Å². The van der Waals surface area contributed by atoms with Crippen molar-refractivity contribution in [1.82, 2.24) is 19.8 Å². The van der Waals surface area contributed by atoms with E-state index < -0.39 is 6.09 Å². The van der Waals surface area contributed by atoms with E-state index in [-0.39, 0.29) is 11.8 Å². The summed E-state index contributed by atoms with van der Waals surface area (Å²) in [6.45, 7) is 7.18. The first-order chi connectivity index (χ1) is 23.0. The van der Waals surface area contributed by atoms with Gasteiger partial charge < -0.3 is 24.4 Å². The second-order valence-corrected chi connectivity index (χ2v) is 12.4. The maximum Gasteiger partial charge on any atom is 0.416 e. The number of pyridine rings is 2. The van der Waals surface area contributed by atoms with Crippen LogP contribution in [0.1, 0.15) is 48.5 Å². The standard InChI is InChI=1S/C37H41N5O5/c1-27-5-4-20-41(24-27)25-28-7-9-30(10-8-28)36(43)40-31-11-16-35(39-23-31)47-37(44)42-21-17-29(18-22-42)26-45-32-12-14-33(15-13-32)46-34-6-2-3-19-38-34/h2-3,6-16,19,23,27,29H,4-5,17-18,20-22,24-26H2,1H3,(H,40,43). The number of ether oxygens (including phenoxy) is 3. The fraction of sp³-hybridized carbons (Fsp3) is 0.351. The van der Waals surface area contributed by atoms with E-state index >= 15 is 0 Å². The van der Waals surface area contributed by atoms with Gasteiger partial charge in [0.2, 0.25) is 11.8 Å². The summed E-state index contributed by atoms with van der Waals surface area (Å²) in [4.78, 5) is 38.1. The lowest BCUT2D eigenvalue weighted by atomic mass is 9.98. The second kappa shape index (κ2) is 15.6. The first-order valence-corrected chi connectivity index (χ1v) is 16.3. The normalized spacial score (nSPS) is 17.1. The molecule has 0 radical (unpaired) electrons. The third-order valence-corrected chi connectivity index (χ3v) is 8.59. The molecule has 2 aliphatic heterocycles. The molecule has 6 rings (SSSR count). The zero-order chi connectivity index (χ0) is 32.4. The number of carbonyl (C=O) groups is 2. The van der Waals surface area contributed by atoms with Gasteiger partial charge in [0.1, 0.15) is 11.5 Å². The molecule has 2 amide bonds. The summed E-state index contributed by atoms with van der Waals surface area (Å²) >= 11 is 0. The summed E-state index contributed by atoms with van der Waals surface area (Å²) < 4.78 is 17.2. The number of nitrogens with one attached hydrogen (secondary N) is 1. The third kappa shape index (κ3) is 9.29. The highest BCUT2D eigenvalue weighted by atomic mass is 16.6. The lowest BCUT2D eigenvalue weighted by Crippen LogP contribution is -2.41. The molecule has 2 aromatic heterocycles. The first kappa shape index (κ1) is 32.0. The molecule has 1 atom stereocenters. The molecular formula is C37H41N5O5. The number of likely N-dealkylation sites (tertiary alicyclic amines) is 2. The molecular weight excluding hydrogens is 594 g/mol. The van der Waals surface area contributed by atoms with Crippen LogP contribution in [0.25, 0.3) is 0 Å². The Labute approximate surface area is 275 Å². The minimum atomic E-state index is -0.434. The second-order valence-electron chi connectivity index (χ2n) is 12.4. The average Bonchev–Trinajstić information content (AvgIpc) is 3.10. The minimum absolute atomic E-state index is 0.185. The SMILES string of the molecule is CC1CCCN(Cc2ccc(C(=O)Nc3ccc(OC(=O)N4CCC(COc5ccc(Oc6ccccn6)cc5)CC4)nc3)cc2)C1. The molecule has 0 saturated carbocycles. The van der Waals surface area contributed by atoms with E-state index in [1.807, 2.05) is 60.7 Å². The van der Waals surface area contributed by atoms with E-state index in [1.165, 1.54) is 24.6 Å². The number of benzene rings is 2. The van der Waals surface area contributed by atoms with Gasteiger partial charge in [0.25, 0.3) is 5.91 Å². The maximum atomic E-state index is 12.8. The number of aromatic nitrogens is 2. The minimum Gasteiger partial charge on any atom is -0.493 e. The Morgan fingerprint density at radius 2 is 1.64 bits per heavy atom. The zero-order valence-electron chi connectivity index (χ0n) is 26.7. The van der Waals surface area contributed by atoms with Crippen molar-refractivity contribution in [1.29, 1.82) is 0 Å². The lowest BCUT2D eigenvalue weighted by molar-refractivity contribution is 0.102. The van der Waals surface area contributed by atoms with Crippen molar-refractivity contribution in [3.05, 3.63) is 102 Å². The number of carbonyl (C=O) groups excluding carboxylic acids is 2. The average molecular weight is 636 g/mol. The predicted molar refractivity (Wildman–Crippen MR) is 179 cm³/mol. The van der Waals surface area contributed by atoms with Crippen molar-refractivity contribution >= 4 is 17.7 Å². The van der Waals surface area contributed by atoms with Crippen molar-refractivity contribution in [2.24, 2.45) is 11.8 Å². The predicted octanol–water partition coefficient (Wildman–Crippen LogP) is 7.04. The number of piperidine rings is 2. The van der Waals surface area contributed by atoms with Crippen LogP contribution in [-0.2, 0) is 6.54 Å². The monoisotopic (exact) mass is 635 g/mol. The quantitative estimate of drug-likeness (QED) is 0.198. The molecule has 10 heteroatoms. The van der Waals surface area contributed by atoms with Gasteiger partial charge in [-0.2, -0.15) is 0 Å². The molecule has 244 valence electrons. The van der Waals surface area contributed by atoms with Gasteiger partial charge in [-0.05, 0) is 98.2 Å². The Morgan fingerprint density at radius 1 is 0.851 bits per heavy atom.